The lowest BCUT2D eigenvalue weighted by Gasteiger charge is -2.06. The van der Waals surface area contributed by atoms with Gasteiger partial charge in [-0.1, -0.05) is 0 Å². The van der Waals surface area contributed by atoms with Gasteiger partial charge in [-0.15, -0.1) is 0 Å². The summed E-state index contributed by atoms with van der Waals surface area (Å²) < 4.78 is 0. The van der Waals surface area contributed by atoms with Crippen molar-refractivity contribution in [3.8, 4) is 0 Å². The summed E-state index contributed by atoms with van der Waals surface area (Å²) in [6.07, 6.45) is 4.73. The minimum absolute atomic E-state index is 0.0173. The minimum Gasteiger partial charge on any atom is -0.333 e. The van der Waals surface area contributed by atoms with Crippen LogP contribution >= 0.6 is 0 Å². The average Bonchev–Trinajstić information content (AvgIpc) is 2.30. The van der Waals surface area contributed by atoms with Gasteiger partial charge < -0.3 is 5.32 Å². The quantitative estimate of drug-likeness (QED) is 0.646. The summed E-state index contributed by atoms with van der Waals surface area (Å²) in [5.74, 6) is 0.225. The highest BCUT2D eigenvalue weighted by Gasteiger charge is 2.18. The summed E-state index contributed by atoms with van der Waals surface area (Å²) in [6.45, 7) is 1.67. The molecule has 86 valence electrons. The van der Waals surface area contributed by atoms with Gasteiger partial charge in [-0.3, -0.25) is 15.1 Å². The second-order valence-corrected chi connectivity index (χ2v) is 3.45. The zero-order valence-electron chi connectivity index (χ0n) is 9.12. The van der Waals surface area contributed by atoms with Crippen molar-refractivity contribution in [2.45, 2.75) is 6.92 Å². The van der Waals surface area contributed by atoms with Crippen molar-refractivity contribution in [1.29, 1.82) is 0 Å². The molecular formula is C11H10N4O2. The van der Waals surface area contributed by atoms with Gasteiger partial charge in [-0.2, -0.15) is 0 Å². The molecule has 0 unspecified atom stereocenters. The largest absolute Gasteiger partial charge is 0.333 e. The van der Waals surface area contributed by atoms with Crippen molar-refractivity contribution in [3.05, 3.63) is 52.5 Å². The van der Waals surface area contributed by atoms with Gasteiger partial charge in [-0.05, 0) is 25.1 Å². The van der Waals surface area contributed by atoms with E-state index in [0.717, 1.165) is 0 Å². The molecule has 0 atom stereocenters. The Morgan fingerprint density at radius 1 is 1.35 bits per heavy atom. The first-order valence-corrected chi connectivity index (χ1v) is 4.95. The second-order valence-electron chi connectivity index (χ2n) is 3.45. The smallest absolute Gasteiger partial charge is 0.314 e. The van der Waals surface area contributed by atoms with Crippen LogP contribution in [0.15, 0.2) is 36.8 Å². The van der Waals surface area contributed by atoms with E-state index in [2.05, 4.69) is 15.3 Å². The van der Waals surface area contributed by atoms with Crippen molar-refractivity contribution in [1.82, 2.24) is 9.97 Å². The maximum Gasteiger partial charge on any atom is 0.314 e. The first-order valence-electron chi connectivity index (χ1n) is 4.95. The molecule has 2 rings (SSSR count). The molecule has 6 heteroatoms. The van der Waals surface area contributed by atoms with E-state index in [4.69, 9.17) is 0 Å². The third kappa shape index (κ3) is 2.36. The molecule has 17 heavy (non-hydrogen) atoms. The van der Waals surface area contributed by atoms with Gasteiger partial charge in [0, 0.05) is 18.0 Å². The molecule has 0 aromatic carbocycles. The van der Waals surface area contributed by atoms with E-state index in [1.165, 1.54) is 6.20 Å². The van der Waals surface area contributed by atoms with Gasteiger partial charge in [-0.25, -0.2) is 4.98 Å². The normalized spacial score (nSPS) is 9.94. The van der Waals surface area contributed by atoms with Gasteiger partial charge in [0.25, 0.3) is 0 Å². The Hall–Kier alpha value is -2.50. The van der Waals surface area contributed by atoms with Crippen LogP contribution in [-0.2, 0) is 0 Å². The molecule has 2 heterocycles. The molecule has 1 N–H and O–H groups in total. The number of hydrogen-bond acceptors (Lipinski definition) is 5. The number of pyridine rings is 2. The number of nitrogens with one attached hydrogen (secondary N) is 1. The fourth-order valence-corrected chi connectivity index (χ4v) is 1.45. The standard InChI is InChI=1S/C11H10N4O2/c1-8-4-6-13-11(10(8)15(16)17)14-9-3-2-5-12-7-9/h2-7H,1H3,(H,13,14). The summed E-state index contributed by atoms with van der Waals surface area (Å²) in [4.78, 5) is 18.4. The molecule has 0 saturated heterocycles. The average molecular weight is 230 g/mol. The van der Waals surface area contributed by atoms with E-state index in [-0.39, 0.29) is 11.5 Å². The second kappa shape index (κ2) is 4.56. The molecule has 2 aromatic rings. The molecule has 0 saturated carbocycles. The monoisotopic (exact) mass is 230 g/mol. The lowest BCUT2D eigenvalue weighted by molar-refractivity contribution is -0.384. The lowest BCUT2D eigenvalue weighted by Crippen LogP contribution is -2.01. The van der Waals surface area contributed by atoms with Gasteiger partial charge in [0.05, 0.1) is 16.8 Å². The maximum absolute atomic E-state index is 10.9. The Balaban J connectivity index is 2.40. The molecule has 0 spiro atoms. The molecular weight excluding hydrogens is 220 g/mol. The summed E-state index contributed by atoms with van der Waals surface area (Å²) in [5, 5.41) is 13.8. The number of nitrogens with zero attached hydrogens (tertiary/aromatic N) is 3. The maximum atomic E-state index is 10.9. The van der Waals surface area contributed by atoms with Crippen molar-refractivity contribution >= 4 is 17.2 Å². The molecule has 0 aliphatic heterocycles. The van der Waals surface area contributed by atoms with E-state index < -0.39 is 4.92 Å². The van der Waals surface area contributed by atoms with E-state index in [1.807, 2.05) is 0 Å². The predicted molar refractivity (Wildman–Crippen MR) is 63.1 cm³/mol. The highest BCUT2D eigenvalue weighted by Crippen LogP contribution is 2.27. The van der Waals surface area contributed by atoms with E-state index in [0.29, 0.717) is 11.3 Å². The molecule has 2 aromatic heterocycles. The highest BCUT2D eigenvalue weighted by atomic mass is 16.6. The van der Waals surface area contributed by atoms with Crippen LogP contribution in [0.3, 0.4) is 0 Å². The minimum atomic E-state index is -0.443. The Labute approximate surface area is 97.5 Å². The molecule has 6 nitrogen and oxygen atoms in total. The molecule has 0 bridgehead atoms. The SMILES string of the molecule is Cc1ccnc(Nc2cccnc2)c1[N+](=O)[O-]. The predicted octanol–water partition coefficient (Wildman–Crippen LogP) is 2.44. The van der Waals surface area contributed by atoms with Crippen LogP contribution in [0, 0.1) is 17.0 Å². The third-order valence-corrected chi connectivity index (χ3v) is 2.23. The van der Waals surface area contributed by atoms with Gasteiger partial charge in [0.1, 0.15) is 0 Å². The summed E-state index contributed by atoms with van der Waals surface area (Å²) in [7, 11) is 0. The number of hydrogen-bond donors (Lipinski definition) is 1. The number of nitro groups is 1. The van der Waals surface area contributed by atoms with Crippen molar-refractivity contribution < 1.29 is 4.92 Å². The summed E-state index contributed by atoms with van der Waals surface area (Å²) in [5.41, 5.74) is 1.21. The number of aryl methyl sites for hydroxylation is 1. The Kier molecular flexibility index (Phi) is 2.95. The van der Waals surface area contributed by atoms with Crippen LogP contribution < -0.4 is 5.32 Å². The number of rotatable bonds is 3. The van der Waals surface area contributed by atoms with Crippen LogP contribution in [0.2, 0.25) is 0 Å². The van der Waals surface area contributed by atoms with Crippen LogP contribution in [0.5, 0.6) is 0 Å². The van der Waals surface area contributed by atoms with E-state index in [1.54, 1.807) is 37.5 Å². The summed E-state index contributed by atoms with van der Waals surface area (Å²) in [6, 6.07) is 5.11. The molecule has 0 radical (unpaired) electrons. The molecule has 0 fully saturated rings. The van der Waals surface area contributed by atoms with Gasteiger partial charge in [0.2, 0.25) is 5.82 Å². The zero-order chi connectivity index (χ0) is 12.3. The van der Waals surface area contributed by atoms with Gasteiger partial charge in [0.15, 0.2) is 0 Å². The van der Waals surface area contributed by atoms with Crippen molar-refractivity contribution in [2.24, 2.45) is 0 Å². The van der Waals surface area contributed by atoms with Crippen LogP contribution in [0.4, 0.5) is 17.2 Å². The van der Waals surface area contributed by atoms with Crippen LogP contribution in [-0.4, -0.2) is 14.9 Å². The zero-order valence-corrected chi connectivity index (χ0v) is 9.12. The topological polar surface area (TPSA) is 81.0 Å². The number of aromatic nitrogens is 2. The fourth-order valence-electron chi connectivity index (χ4n) is 1.45. The van der Waals surface area contributed by atoms with Crippen molar-refractivity contribution in [2.75, 3.05) is 5.32 Å². The molecule has 0 aliphatic carbocycles. The first kappa shape index (κ1) is 11.0. The van der Waals surface area contributed by atoms with Crippen LogP contribution in [0.1, 0.15) is 5.56 Å². The Morgan fingerprint density at radius 2 is 2.18 bits per heavy atom. The molecule has 0 amide bonds. The lowest BCUT2D eigenvalue weighted by atomic mass is 10.2. The van der Waals surface area contributed by atoms with Crippen LogP contribution in [0.25, 0.3) is 0 Å². The van der Waals surface area contributed by atoms with Crippen molar-refractivity contribution in [3.63, 3.8) is 0 Å². The summed E-state index contributed by atoms with van der Waals surface area (Å²) >= 11 is 0. The fraction of sp³-hybridized carbons (Fsp3) is 0.0909. The first-order chi connectivity index (χ1) is 8.18. The van der Waals surface area contributed by atoms with E-state index in [9.17, 15) is 10.1 Å². The highest BCUT2D eigenvalue weighted by molar-refractivity contribution is 5.66. The van der Waals surface area contributed by atoms with Gasteiger partial charge >= 0.3 is 5.69 Å². The third-order valence-electron chi connectivity index (χ3n) is 2.23. The molecule has 0 aliphatic rings. The Morgan fingerprint density at radius 3 is 2.82 bits per heavy atom. The Bertz CT molecular complexity index is 542. The van der Waals surface area contributed by atoms with E-state index >= 15 is 0 Å². The number of anilines is 2.